The number of Topliss-reactive ketones (excluding diaryl/α,β-unsaturated/α-hetero) is 1. The smallest absolute Gasteiger partial charge is 0.295 e. The van der Waals surface area contributed by atoms with E-state index in [9.17, 15) is 14.7 Å². The number of carbonyl (C=O) groups excluding carboxylic acids is 2. The molecule has 8 heteroatoms. The summed E-state index contributed by atoms with van der Waals surface area (Å²) >= 11 is 0. The van der Waals surface area contributed by atoms with Gasteiger partial charge in [-0.25, -0.2) is 0 Å². The van der Waals surface area contributed by atoms with Crippen molar-refractivity contribution in [1.29, 1.82) is 0 Å². The van der Waals surface area contributed by atoms with Crippen molar-refractivity contribution in [2.24, 2.45) is 0 Å². The van der Waals surface area contributed by atoms with E-state index < -0.39 is 23.5 Å². The van der Waals surface area contributed by atoms with Gasteiger partial charge in [-0.1, -0.05) is 42.4 Å². The Bertz CT molecular complexity index is 1400. The van der Waals surface area contributed by atoms with Gasteiger partial charge in [-0.05, 0) is 43.2 Å². The Morgan fingerprint density at radius 2 is 1.97 bits per heavy atom. The number of carbonyl (C=O) groups is 2. The zero-order valence-corrected chi connectivity index (χ0v) is 18.6. The lowest BCUT2D eigenvalue weighted by Crippen LogP contribution is -2.31. The standard InChI is InChI=1S/C26H22N2O6/c1-3-11-32-18-9-6-8-17(13-18)23-22(24(29)20-14-16-7-4-5-10-19(16)33-20)25(30)26(31)28(23)21-12-15(2)34-27-21/h4-10,12-14,23,30H,3,11H2,1-2H3/t23-/m1/s1. The van der Waals surface area contributed by atoms with Crippen molar-refractivity contribution in [1.82, 2.24) is 5.16 Å². The molecule has 3 heterocycles. The molecule has 4 aromatic rings. The quantitative estimate of drug-likeness (QED) is 0.375. The molecule has 8 nitrogen and oxygen atoms in total. The van der Waals surface area contributed by atoms with Crippen molar-refractivity contribution in [2.75, 3.05) is 11.5 Å². The van der Waals surface area contributed by atoms with Crippen molar-refractivity contribution >= 4 is 28.5 Å². The molecule has 1 atom stereocenters. The molecule has 0 saturated heterocycles. The molecule has 1 amide bonds. The van der Waals surface area contributed by atoms with Crippen molar-refractivity contribution in [3.05, 3.63) is 89.1 Å². The van der Waals surface area contributed by atoms with Crippen LogP contribution in [0.5, 0.6) is 5.75 Å². The maximum atomic E-state index is 13.6. The Morgan fingerprint density at radius 3 is 2.71 bits per heavy atom. The molecule has 0 bridgehead atoms. The van der Waals surface area contributed by atoms with Crippen LogP contribution in [0.1, 0.15) is 41.3 Å². The minimum absolute atomic E-state index is 0.0251. The summed E-state index contributed by atoms with van der Waals surface area (Å²) in [5.74, 6) is -0.713. The van der Waals surface area contributed by atoms with Crippen LogP contribution in [-0.2, 0) is 4.79 Å². The van der Waals surface area contributed by atoms with Gasteiger partial charge in [0.05, 0.1) is 18.2 Å². The van der Waals surface area contributed by atoms with Crippen LogP contribution in [0, 0.1) is 6.92 Å². The van der Waals surface area contributed by atoms with E-state index in [2.05, 4.69) is 5.16 Å². The van der Waals surface area contributed by atoms with Gasteiger partial charge in [0.2, 0.25) is 5.78 Å². The minimum Gasteiger partial charge on any atom is -0.503 e. The van der Waals surface area contributed by atoms with Crippen LogP contribution >= 0.6 is 0 Å². The number of benzene rings is 2. The van der Waals surface area contributed by atoms with Crippen LogP contribution < -0.4 is 9.64 Å². The molecule has 1 aliphatic heterocycles. The van der Waals surface area contributed by atoms with Gasteiger partial charge in [-0.3, -0.25) is 14.5 Å². The fourth-order valence-corrected chi connectivity index (χ4v) is 4.08. The summed E-state index contributed by atoms with van der Waals surface area (Å²) in [6.45, 7) is 4.21. The summed E-state index contributed by atoms with van der Waals surface area (Å²) in [7, 11) is 0. The topological polar surface area (TPSA) is 106 Å². The zero-order valence-electron chi connectivity index (χ0n) is 18.6. The Balaban J connectivity index is 1.63. The normalized spacial score (nSPS) is 16.0. The maximum absolute atomic E-state index is 13.6. The maximum Gasteiger partial charge on any atom is 0.295 e. The highest BCUT2D eigenvalue weighted by atomic mass is 16.5. The lowest BCUT2D eigenvalue weighted by molar-refractivity contribution is -0.117. The molecule has 2 aromatic carbocycles. The van der Waals surface area contributed by atoms with Crippen molar-refractivity contribution < 1.29 is 28.4 Å². The molecule has 2 aromatic heterocycles. The first-order chi connectivity index (χ1) is 16.5. The summed E-state index contributed by atoms with van der Waals surface area (Å²) in [6, 6.07) is 16.5. The van der Waals surface area contributed by atoms with Gasteiger partial charge >= 0.3 is 0 Å². The van der Waals surface area contributed by atoms with E-state index in [1.54, 1.807) is 55.5 Å². The number of aliphatic hydroxyl groups excluding tert-OH is 1. The average Bonchev–Trinajstić information content (AvgIpc) is 3.54. The second kappa shape index (κ2) is 8.55. The first-order valence-corrected chi connectivity index (χ1v) is 10.9. The second-order valence-electron chi connectivity index (χ2n) is 8.03. The lowest BCUT2D eigenvalue weighted by atomic mass is 9.95. The number of furan rings is 1. The number of ether oxygens (including phenoxy) is 1. The highest BCUT2D eigenvalue weighted by Gasteiger charge is 2.46. The zero-order chi connectivity index (χ0) is 23.8. The molecule has 172 valence electrons. The number of fused-ring (bicyclic) bond motifs is 1. The van der Waals surface area contributed by atoms with E-state index in [-0.39, 0.29) is 17.2 Å². The molecule has 5 rings (SSSR count). The monoisotopic (exact) mass is 458 g/mol. The molecule has 0 radical (unpaired) electrons. The number of ketones is 1. The summed E-state index contributed by atoms with van der Waals surface area (Å²) in [4.78, 5) is 28.1. The van der Waals surface area contributed by atoms with Gasteiger partial charge in [0.15, 0.2) is 17.3 Å². The molecule has 0 aliphatic carbocycles. The minimum atomic E-state index is -0.956. The summed E-state index contributed by atoms with van der Waals surface area (Å²) in [5.41, 5.74) is 1.01. The van der Waals surface area contributed by atoms with E-state index >= 15 is 0 Å². The number of rotatable bonds is 7. The summed E-state index contributed by atoms with van der Waals surface area (Å²) < 4.78 is 16.7. The Labute approximate surface area is 195 Å². The van der Waals surface area contributed by atoms with Crippen molar-refractivity contribution in [2.45, 2.75) is 26.3 Å². The number of nitrogens with zero attached hydrogens (tertiary/aromatic N) is 2. The fourth-order valence-electron chi connectivity index (χ4n) is 4.08. The molecule has 1 N–H and O–H groups in total. The molecule has 0 unspecified atom stereocenters. The van der Waals surface area contributed by atoms with E-state index in [4.69, 9.17) is 13.7 Å². The highest BCUT2D eigenvalue weighted by Crippen LogP contribution is 2.42. The predicted octanol–water partition coefficient (Wildman–Crippen LogP) is 5.30. The Hall–Kier alpha value is -4.33. The molecule has 0 spiro atoms. The van der Waals surface area contributed by atoms with E-state index in [0.717, 1.165) is 11.8 Å². The predicted molar refractivity (Wildman–Crippen MR) is 124 cm³/mol. The third kappa shape index (κ3) is 3.63. The van der Waals surface area contributed by atoms with Crippen LogP contribution in [-0.4, -0.2) is 28.6 Å². The molecule has 0 fully saturated rings. The number of hydrogen-bond acceptors (Lipinski definition) is 7. The van der Waals surface area contributed by atoms with Crippen LogP contribution in [0.3, 0.4) is 0 Å². The first kappa shape index (κ1) is 21.5. The molecular weight excluding hydrogens is 436 g/mol. The number of hydrogen-bond donors (Lipinski definition) is 1. The third-order valence-electron chi connectivity index (χ3n) is 5.61. The second-order valence-corrected chi connectivity index (χ2v) is 8.03. The number of anilines is 1. The number of amides is 1. The van der Waals surface area contributed by atoms with E-state index in [0.29, 0.717) is 29.3 Å². The van der Waals surface area contributed by atoms with Gasteiger partial charge in [-0.2, -0.15) is 0 Å². The van der Waals surface area contributed by atoms with Gasteiger partial charge in [0.25, 0.3) is 5.91 Å². The van der Waals surface area contributed by atoms with Crippen LogP contribution in [0.2, 0.25) is 0 Å². The first-order valence-electron chi connectivity index (χ1n) is 10.9. The summed E-state index contributed by atoms with van der Waals surface area (Å²) in [5, 5.41) is 15.6. The summed E-state index contributed by atoms with van der Waals surface area (Å²) in [6.07, 6.45) is 0.826. The number of aryl methyl sites for hydroxylation is 1. The Kier molecular flexibility index (Phi) is 5.41. The number of aromatic nitrogens is 1. The lowest BCUT2D eigenvalue weighted by Gasteiger charge is -2.24. The Morgan fingerprint density at radius 1 is 1.15 bits per heavy atom. The van der Waals surface area contributed by atoms with Crippen LogP contribution in [0.15, 0.2) is 80.9 Å². The average molecular weight is 458 g/mol. The van der Waals surface area contributed by atoms with Crippen molar-refractivity contribution in [3.8, 4) is 5.75 Å². The number of para-hydroxylation sites is 1. The van der Waals surface area contributed by atoms with E-state index in [1.807, 2.05) is 19.1 Å². The molecule has 0 saturated carbocycles. The number of aliphatic hydroxyl groups is 1. The largest absolute Gasteiger partial charge is 0.503 e. The van der Waals surface area contributed by atoms with Crippen LogP contribution in [0.25, 0.3) is 11.0 Å². The van der Waals surface area contributed by atoms with Gasteiger partial charge in [-0.15, -0.1) is 0 Å². The van der Waals surface area contributed by atoms with Gasteiger partial charge in [0.1, 0.15) is 17.1 Å². The van der Waals surface area contributed by atoms with Crippen molar-refractivity contribution in [3.63, 3.8) is 0 Å². The molecule has 34 heavy (non-hydrogen) atoms. The third-order valence-corrected chi connectivity index (χ3v) is 5.61. The van der Waals surface area contributed by atoms with Crippen LogP contribution in [0.4, 0.5) is 5.82 Å². The SMILES string of the molecule is CCCOc1cccc([C@@H]2C(C(=O)c3cc4ccccc4o3)=C(O)C(=O)N2c2cc(C)on2)c1. The fraction of sp³-hybridized carbons (Fsp3) is 0.192. The molecular formula is C26H22N2O6. The van der Waals surface area contributed by atoms with Gasteiger partial charge in [0, 0.05) is 11.5 Å². The highest BCUT2D eigenvalue weighted by molar-refractivity contribution is 6.20. The molecule has 1 aliphatic rings. The van der Waals surface area contributed by atoms with E-state index in [1.165, 1.54) is 4.90 Å². The van der Waals surface area contributed by atoms with Gasteiger partial charge < -0.3 is 18.8 Å².